The average Bonchev–Trinajstić information content (AvgIpc) is 3.51. The Balaban J connectivity index is 1.47. The van der Waals surface area contributed by atoms with Gasteiger partial charge in [-0.05, 0) is 81.0 Å². The molecule has 37 heavy (non-hydrogen) atoms. The smallest absolute Gasteiger partial charge is 0.125 e. The highest BCUT2D eigenvalue weighted by Crippen LogP contribution is 2.33. The van der Waals surface area contributed by atoms with Crippen molar-refractivity contribution in [3.05, 3.63) is 89.8 Å². The maximum atomic E-state index is 14.5. The van der Waals surface area contributed by atoms with Crippen LogP contribution in [-0.4, -0.2) is 57.2 Å². The fourth-order valence-corrected chi connectivity index (χ4v) is 4.46. The molecule has 0 aliphatic carbocycles. The van der Waals surface area contributed by atoms with Crippen molar-refractivity contribution in [1.29, 1.82) is 0 Å². The molecule has 0 saturated heterocycles. The summed E-state index contributed by atoms with van der Waals surface area (Å²) >= 11 is 0. The summed E-state index contributed by atoms with van der Waals surface area (Å²) in [6.45, 7) is 5.60. The van der Waals surface area contributed by atoms with Crippen LogP contribution in [-0.2, 0) is 0 Å². The van der Waals surface area contributed by atoms with E-state index in [2.05, 4.69) is 35.4 Å². The van der Waals surface area contributed by atoms with E-state index in [9.17, 15) is 4.39 Å². The average molecular weight is 496 g/mol. The van der Waals surface area contributed by atoms with Gasteiger partial charge in [0, 0.05) is 53.9 Å². The molecule has 0 aliphatic rings. The minimum Gasteiger partial charge on any atom is -0.384 e. The molecule has 0 aliphatic heterocycles. The molecule has 3 N–H and O–H groups in total. The summed E-state index contributed by atoms with van der Waals surface area (Å²) in [5, 5.41) is 11.9. The number of pyridine rings is 2. The number of H-pyrrole nitrogens is 2. The van der Waals surface area contributed by atoms with Gasteiger partial charge in [0.2, 0.25) is 0 Å². The fraction of sp³-hybridized carbons (Fsp3) is 0.207. The summed E-state index contributed by atoms with van der Waals surface area (Å²) in [5.41, 5.74) is 8.91. The van der Waals surface area contributed by atoms with Gasteiger partial charge in [0.05, 0.1) is 23.1 Å². The van der Waals surface area contributed by atoms with E-state index < -0.39 is 0 Å². The van der Waals surface area contributed by atoms with Crippen LogP contribution in [0.3, 0.4) is 0 Å². The van der Waals surface area contributed by atoms with Gasteiger partial charge in [0.1, 0.15) is 11.5 Å². The van der Waals surface area contributed by atoms with Crippen molar-refractivity contribution in [3.8, 4) is 22.6 Å². The van der Waals surface area contributed by atoms with Crippen molar-refractivity contribution in [1.82, 2.24) is 30.0 Å². The number of hydrogen-bond acceptors (Lipinski definition) is 5. The third kappa shape index (κ3) is 5.15. The Morgan fingerprint density at radius 1 is 1.11 bits per heavy atom. The van der Waals surface area contributed by atoms with Crippen LogP contribution in [0.25, 0.3) is 39.1 Å². The molecule has 0 saturated carbocycles. The number of nitrogens with zero attached hydrogens (tertiary/aromatic N) is 4. The number of benzene rings is 1. The SMILES string of the molecule is C/C=C(/c1cc(F)cc(NCCN(C)C)c1)c1c[nH]c(-c2n[nH]c3cnc(-c4cnccc4C)cc23)c1. The van der Waals surface area contributed by atoms with Crippen molar-refractivity contribution >= 4 is 22.2 Å². The van der Waals surface area contributed by atoms with Crippen LogP contribution in [0.1, 0.15) is 23.6 Å². The second kappa shape index (κ2) is 10.4. The van der Waals surface area contributed by atoms with Gasteiger partial charge >= 0.3 is 0 Å². The molecule has 1 aromatic carbocycles. The van der Waals surface area contributed by atoms with Crippen molar-refractivity contribution in [2.75, 3.05) is 32.5 Å². The molecule has 0 fully saturated rings. The number of fused-ring (bicyclic) bond motifs is 1. The molecule has 0 bridgehead atoms. The van der Waals surface area contributed by atoms with Crippen LogP contribution < -0.4 is 5.32 Å². The lowest BCUT2D eigenvalue weighted by molar-refractivity contribution is 0.425. The Bertz CT molecular complexity index is 1580. The second-order valence-corrected chi connectivity index (χ2v) is 9.34. The number of likely N-dealkylation sites (N-methyl/N-ethyl adjacent to an activating group) is 1. The maximum Gasteiger partial charge on any atom is 0.125 e. The predicted molar refractivity (Wildman–Crippen MR) is 148 cm³/mol. The highest BCUT2D eigenvalue weighted by atomic mass is 19.1. The van der Waals surface area contributed by atoms with Crippen LogP contribution in [0.2, 0.25) is 0 Å². The topological polar surface area (TPSA) is 85.5 Å². The molecule has 0 amide bonds. The number of nitrogens with one attached hydrogen (secondary N) is 3. The van der Waals surface area contributed by atoms with E-state index in [1.807, 2.05) is 70.7 Å². The Kier molecular flexibility index (Phi) is 6.83. The normalized spacial score (nSPS) is 12.0. The number of aromatic amines is 2. The highest BCUT2D eigenvalue weighted by molar-refractivity contribution is 5.94. The van der Waals surface area contributed by atoms with Crippen molar-refractivity contribution in [3.63, 3.8) is 0 Å². The lowest BCUT2D eigenvalue weighted by Gasteiger charge is -2.13. The number of hydrogen-bond donors (Lipinski definition) is 3. The summed E-state index contributed by atoms with van der Waals surface area (Å²) in [7, 11) is 4.03. The highest BCUT2D eigenvalue weighted by Gasteiger charge is 2.15. The van der Waals surface area contributed by atoms with E-state index in [4.69, 9.17) is 0 Å². The van der Waals surface area contributed by atoms with E-state index >= 15 is 0 Å². The van der Waals surface area contributed by atoms with Crippen molar-refractivity contribution in [2.45, 2.75) is 13.8 Å². The number of aryl methyl sites for hydroxylation is 1. The van der Waals surface area contributed by atoms with Crippen LogP contribution in [0.15, 0.2) is 67.3 Å². The number of allylic oxidation sites excluding steroid dienone is 1. The van der Waals surface area contributed by atoms with Crippen molar-refractivity contribution in [2.24, 2.45) is 0 Å². The Morgan fingerprint density at radius 3 is 2.76 bits per heavy atom. The first-order valence-electron chi connectivity index (χ1n) is 12.2. The lowest BCUT2D eigenvalue weighted by atomic mass is 9.98. The number of aromatic nitrogens is 5. The van der Waals surface area contributed by atoms with Gasteiger partial charge in [-0.3, -0.25) is 15.1 Å². The van der Waals surface area contributed by atoms with E-state index in [1.54, 1.807) is 18.5 Å². The van der Waals surface area contributed by atoms with Crippen molar-refractivity contribution < 1.29 is 4.39 Å². The summed E-state index contributed by atoms with van der Waals surface area (Å²) < 4.78 is 14.5. The largest absolute Gasteiger partial charge is 0.384 e. The van der Waals surface area contributed by atoms with E-state index in [-0.39, 0.29) is 5.82 Å². The number of anilines is 1. The van der Waals surface area contributed by atoms with Gasteiger partial charge in [-0.25, -0.2) is 4.39 Å². The molecule has 4 aromatic heterocycles. The molecule has 5 aromatic rings. The first-order chi connectivity index (χ1) is 17.9. The van der Waals surface area contributed by atoms with Crippen LogP contribution in [0, 0.1) is 12.7 Å². The van der Waals surface area contributed by atoms with Gasteiger partial charge < -0.3 is 15.2 Å². The summed E-state index contributed by atoms with van der Waals surface area (Å²) in [4.78, 5) is 14.3. The zero-order chi connectivity index (χ0) is 25.9. The molecule has 4 heterocycles. The van der Waals surface area contributed by atoms with Gasteiger partial charge in [0.25, 0.3) is 0 Å². The molecule has 0 atom stereocenters. The van der Waals surface area contributed by atoms with E-state index in [1.165, 1.54) is 6.07 Å². The summed E-state index contributed by atoms with van der Waals surface area (Å²) in [5.74, 6) is -0.274. The quantitative estimate of drug-likeness (QED) is 0.250. The van der Waals surface area contributed by atoms with Crippen LogP contribution in [0.4, 0.5) is 10.1 Å². The summed E-state index contributed by atoms with van der Waals surface area (Å²) in [6, 6.07) is 11.1. The Morgan fingerprint density at radius 2 is 1.97 bits per heavy atom. The molecule has 7 nitrogen and oxygen atoms in total. The lowest BCUT2D eigenvalue weighted by Crippen LogP contribution is -2.20. The van der Waals surface area contributed by atoms with Gasteiger partial charge in [-0.1, -0.05) is 6.08 Å². The Labute approximate surface area is 215 Å². The fourth-order valence-electron chi connectivity index (χ4n) is 4.46. The molecule has 8 heteroatoms. The molecule has 0 radical (unpaired) electrons. The van der Waals surface area contributed by atoms with Crippen LogP contribution >= 0.6 is 0 Å². The standard InChI is InChI=1S/C29H30FN7/c1-5-23(19-10-21(30)13-22(11-19)32-8-9-37(3)4)20-12-27(33-15-20)29-24-14-26(34-17-28(24)35-36-29)25-16-31-7-6-18(25)2/h5-7,10-17,32-33H,8-9H2,1-4H3,(H,35,36)/b23-5-. The molecule has 5 rings (SSSR count). The molecule has 0 unspecified atom stereocenters. The van der Waals surface area contributed by atoms with Gasteiger partial charge in [-0.15, -0.1) is 0 Å². The molecular weight excluding hydrogens is 465 g/mol. The molecular formula is C29H30FN7. The monoisotopic (exact) mass is 495 g/mol. The zero-order valence-corrected chi connectivity index (χ0v) is 21.4. The summed E-state index contributed by atoms with van der Waals surface area (Å²) in [6.07, 6.45) is 9.34. The number of halogens is 1. The Hall–Kier alpha value is -4.30. The van der Waals surface area contributed by atoms with E-state index in [0.717, 1.165) is 74.6 Å². The minimum absolute atomic E-state index is 0.274. The number of rotatable bonds is 8. The second-order valence-electron chi connectivity index (χ2n) is 9.34. The zero-order valence-electron chi connectivity index (χ0n) is 21.4. The van der Waals surface area contributed by atoms with Gasteiger partial charge in [-0.2, -0.15) is 5.10 Å². The minimum atomic E-state index is -0.274. The molecule has 0 spiro atoms. The third-order valence-corrected chi connectivity index (χ3v) is 6.40. The molecule has 188 valence electrons. The van der Waals surface area contributed by atoms with E-state index in [0.29, 0.717) is 0 Å². The first kappa shape index (κ1) is 24.4. The third-order valence-electron chi connectivity index (χ3n) is 6.40. The maximum absolute atomic E-state index is 14.5. The predicted octanol–water partition coefficient (Wildman–Crippen LogP) is 5.89. The van der Waals surface area contributed by atoms with Gasteiger partial charge in [0.15, 0.2) is 0 Å². The van der Waals surface area contributed by atoms with Crippen LogP contribution in [0.5, 0.6) is 0 Å². The first-order valence-corrected chi connectivity index (χ1v) is 12.2.